The van der Waals surface area contributed by atoms with E-state index >= 15 is 0 Å². The Kier molecular flexibility index (Phi) is 5.97. The number of aliphatic hydroxyl groups excluding tert-OH is 1. The van der Waals surface area contributed by atoms with Gasteiger partial charge in [-0.2, -0.15) is 13.2 Å². The maximum absolute atomic E-state index is 13.0. The van der Waals surface area contributed by atoms with Gasteiger partial charge in [0.1, 0.15) is 22.5 Å². The molecule has 6 nitrogen and oxygen atoms in total. The van der Waals surface area contributed by atoms with E-state index in [0.29, 0.717) is 11.1 Å². The summed E-state index contributed by atoms with van der Waals surface area (Å²) in [6, 6.07) is 14.7. The van der Waals surface area contributed by atoms with Crippen LogP contribution >= 0.6 is 0 Å². The minimum absolute atomic E-state index is 0.00753. The SMILES string of the molecule is O=C(C=Cc1cc(CCO)cc(-n2nc3ccc(C(F)(F)F)cc3n2)c1O)c1ccccc1. The molecule has 33 heavy (non-hydrogen) atoms. The normalized spacial score (nSPS) is 12.0. The molecule has 0 aliphatic rings. The zero-order chi connectivity index (χ0) is 23.6. The van der Waals surface area contributed by atoms with Gasteiger partial charge in [0, 0.05) is 17.7 Å². The summed E-state index contributed by atoms with van der Waals surface area (Å²) in [7, 11) is 0. The molecule has 0 saturated carbocycles. The molecule has 0 amide bonds. The van der Waals surface area contributed by atoms with Crippen molar-refractivity contribution < 1.29 is 28.2 Å². The number of ketones is 1. The van der Waals surface area contributed by atoms with E-state index in [2.05, 4.69) is 10.2 Å². The Balaban J connectivity index is 1.76. The number of nitrogens with zero attached hydrogens (tertiary/aromatic N) is 3. The summed E-state index contributed by atoms with van der Waals surface area (Å²) in [5.41, 5.74) is 0.841. The predicted molar refractivity (Wildman–Crippen MR) is 116 cm³/mol. The first-order valence-electron chi connectivity index (χ1n) is 9.95. The number of fused-ring (bicyclic) bond motifs is 1. The van der Waals surface area contributed by atoms with E-state index in [1.807, 2.05) is 0 Å². The Morgan fingerprint density at radius 3 is 2.42 bits per heavy atom. The van der Waals surface area contributed by atoms with Crippen molar-refractivity contribution in [2.75, 3.05) is 6.61 Å². The first-order chi connectivity index (χ1) is 15.8. The smallest absolute Gasteiger partial charge is 0.416 e. The number of hydrogen-bond acceptors (Lipinski definition) is 5. The number of aliphatic hydroxyl groups is 1. The molecule has 0 saturated heterocycles. The zero-order valence-corrected chi connectivity index (χ0v) is 17.1. The number of hydrogen-bond donors (Lipinski definition) is 2. The Bertz CT molecular complexity index is 1350. The largest absolute Gasteiger partial charge is 0.505 e. The summed E-state index contributed by atoms with van der Waals surface area (Å²) < 4.78 is 39.1. The number of aromatic hydroxyl groups is 1. The van der Waals surface area contributed by atoms with Crippen molar-refractivity contribution in [3.05, 3.63) is 89.0 Å². The number of rotatable bonds is 6. The number of phenols is 1. The van der Waals surface area contributed by atoms with Gasteiger partial charge in [0.15, 0.2) is 5.78 Å². The molecule has 0 atom stereocenters. The van der Waals surface area contributed by atoms with E-state index in [0.717, 1.165) is 16.9 Å². The van der Waals surface area contributed by atoms with Crippen LogP contribution in [-0.4, -0.2) is 37.6 Å². The summed E-state index contributed by atoms with van der Waals surface area (Å²) in [6.07, 6.45) is -1.54. The van der Waals surface area contributed by atoms with Crippen molar-refractivity contribution >= 4 is 22.9 Å². The molecule has 0 aliphatic carbocycles. The van der Waals surface area contributed by atoms with E-state index in [-0.39, 0.29) is 46.8 Å². The topological polar surface area (TPSA) is 88.2 Å². The Morgan fingerprint density at radius 2 is 1.73 bits per heavy atom. The van der Waals surface area contributed by atoms with Crippen LogP contribution in [0.1, 0.15) is 27.0 Å². The van der Waals surface area contributed by atoms with E-state index in [4.69, 9.17) is 0 Å². The van der Waals surface area contributed by atoms with E-state index in [1.54, 1.807) is 36.4 Å². The van der Waals surface area contributed by atoms with Crippen LogP contribution in [0, 0.1) is 0 Å². The van der Waals surface area contributed by atoms with Crippen LogP contribution in [0.2, 0.25) is 0 Å². The average Bonchev–Trinajstić information content (AvgIpc) is 3.22. The Morgan fingerprint density at radius 1 is 1.00 bits per heavy atom. The monoisotopic (exact) mass is 453 g/mol. The van der Waals surface area contributed by atoms with Gasteiger partial charge in [-0.15, -0.1) is 15.0 Å². The number of aromatic nitrogens is 3. The van der Waals surface area contributed by atoms with Crippen molar-refractivity contribution in [2.45, 2.75) is 12.6 Å². The number of alkyl halides is 3. The van der Waals surface area contributed by atoms with Crippen molar-refractivity contribution in [3.8, 4) is 11.4 Å². The average molecular weight is 453 g/mol. The van der Waals surface area contributed by atoms with E-state index in [1.165, 1.54) is 24.3 Å². The minimum Gasteiger partial charge on any atom is -0.505 e. The van der Waals surface area contributed by atoms with Crippen LogP contribution in [0.25, 0.3) is 22.8 Å². The highest BCUT2D eigenvalue weighted by atomic mass is 19.4. The Hall–Kier alpha value is -3.98. The van der Waals surface area contributed by atoms with Gasteiger partial charge in [-0.3, -0.25) is 4.79 Å². The summed E-state index contributed by atoms with van der Waals surface area (Å²) in [4.78, 5) is 13.4. The third kappa shape index (κ3) is 4.78. The number of halogens is 3. The Labute approximate surface area is 186 Å². The fourth-order valence-corrected chi connectivity index (χ4v) is 3.32. The van der Waals surface area contributed by atoms with Crippen LogP contribution in [0.15, 0.2) is 66.7 Å². The first-order valence-corrected chi connectivity index (χ1v) is 9.95. The summed E-state index contributed by atoms with van der Waals surface area (Å²) in [6.45, 7) is -0.167. The lowest BCUT2D eigenvalue weighted by molar-refractivity contribution is -0.137. The second-order valence-electron chi connectivity index (χ2n) is 7.28. The second kappa shape index (κ2) is 8.87. The number of carbonyl (C=O) groups is 1. The van der Waals surface area contributed by atoms with Crippen molar-refractivity contribution in [3.63, 3.8) is 0 Å². The molecule has 1 aromatic heterocycles. The van der Waals surface area contributed by atoms with Gasteiger partial charge in [-0.25, -0.2) is 0 Å². The first kappa shape index (κ1) is 22.2. The molecule has 4 rings (SSSR count). The van der Waals surface area contributed by atoms with E-state index < -0.39 is 11.7 Å². The minimum atomic E-state index is -4.52. The highest BCUT2D eigenvalue weighted by Crippen LogP contribution is 2.32. The third-order valence-electron chi connectivity index (χ3n) is 4.98. The lowest BCUT2D eigenvalue weighted by atomic mass is 10.0. The fourth-order valence-electron chi connectivity index (χ4n) is 3.32. The van der Waals surface area contributed by atoms with Gasteiger partial charge in [-0.05, 0) is 54.5 Å². The standard InChI is InChI=1S/C24H18F3N3O3/c25-24(26,27)18-7-8-19-20(14-18)29-30(28-19)21-13-15(10-11-31)12-17(23(21)33)6-9-22(32)16-4-2-1-3-5-16/h1-9,12-14,31,33H,10-11H2. The summed E-state index contributed by atoms with van der Waals surface area (Å²) in [5.74, 6) is -0.531. The van der Waals surface area contributed by atoms with Gasteiger partial charge < -0.3 is 10.2 Å². The van der Waals surface area contributed by atoms with Gasteiger partial charge >= 0.3 is 6.18 Å². The van der Waals surface area contributed by atoms with Gasteiger partial charge in [0.25, 0.3) is 0 Å². The molecule has 0 radical (unpaired) electrons. The number of allylic oxidation sites excluding steroid dienone is 1. The van der Waals surface area contributed by atoms with Crippen LogP contribution in [0.3, 0.4) is 0 Å². The fraction of sp³-hybridized carbons (Fsp3) is 0.125. The highest BCUT2D eigenvalue weighted by molar-refractivity contribution is 6.07. The van der Waals surface area contributed by atoms with Gasteiger partial charge in [0.2, 0.25) is 0 Å². The molecule has 0 bridgehead atoms. The number of phenolic OH excluding ortho intramolecular Hbond substituents is 1. The highest BCUT2D eigenvalue weighted by Gasteiger charge is 2.31. The predicted octanol–water partition coefficient (Wildman–Crippen LogP) is 4.58. The molecule has 4 aromatic rings. The molecule has 2 N–H and O–H groups in total. The van der Waals surface area contributed by atoms with Crippen LogP contribution < -0.4 is 0 Å². The van der Waals surface area contributed by atoms with Crippen molar-refractivity contribution in [1.29, 1.82) is 0 Å². The molecule has 9 heteroatoms. The molecular weight excluding hydrogens is 435 g/mol. The van der Waals surface area contributed by atoms with Crippen LogP contribution in [0.5, 0.6) is 5.75 Å². The summed E-state index contributed by atoms with van der Waals surface area (Å²) >= 11 is 0. The molecule has 0 fully saturated rings. The molecule has 168 valence electrons. The lowest BCUT2D eigenvalue weighted by Crippen LogP contribution is -2.04. The molecule has 3 aromatic carbocycles. The van der Waals surface area contributed by atoms with Crippen molar-refractivity contribution in [2.24, 2.45) is 0 Å². The number of carbonyl (C=O) groups excluding carboxylic acids is 1. The van der Waals surface area contributed by atoms with Crippen LogP contribution in [0.4, 0.5) is 13.2 Å². The third-order valence-corrected chi connectivity index (χ3v) is 4.98. The van der Waals surface area contributed by atoms with E-state index in [9.17, 15) is 28.2 Å². The molecular formula is C24H18F3N3O3. The summed E-state index contributed by atoms with van der Waals surface area (Å²) in [5, 5.41) is 28.4. The molecule has 1 heterocycles. The number of benzene rings is 3. The van der Waals surface area contributed by atoms with Gasteiger partial charge in [0.05, 0.1) is 5.56 Å². The molecule has 0 aliphatic heterocycles. The maximum Gasteiger partial charge on any atom is 0.416 e. The lowest BCUT2D eigenvalue weighted by Gasteiger charge is -2.10. The molecule has 0 unspecified atom stereocenters. The quantitative estimate of drug-likeness (QED) is 0.330. The van der Waals surface area contributed by atoms with Crippen molar-refractivity contribution in [1.82, 2.24) is 15.0 Å². The second-order valence-corrected chi connectivity index (χ2v) is 7.28. The van der Waals surface area contributed by atoms with Crippen LogP contribution in [-0.2, 0) is 12.6 Å². The zero-order valence-electron chi connectivity index (χ0n) is 17.1. The maximum atomic E-state index is 13.0. The van der Waals surface area contributed by atoms with Gasteiger partial charge in [-0.1, -0.05) is 30.3 Å². The molecule has 0 spiro atoms.